The molecule has 9 heteroatoms. The van der Waals surface area contributed by atoms with Crippen molar-refractivity contribution < 1.29 is 19.1 Å². The van der Waals surface area contributed by atoms with E-state index in [9.17, 15) is 19.2 Å². The summed E-state index contributed by atoms with van der Waals surface area (Å²) in [4.78, 5) is 51.3. The largest absolute Gasteiger partial charge is 0.495 e. The van der Waals surface area contributed by atoms with Crippen LogP contribution in [-0.2, 0) is 11.2 Å². The number of primary amides is 1. The summed E-state index contributed by atoms with van der Waals surface area (Å²) in [6.45, 7) is 1.75. The van der Waals surface area contributed by atoms with E-state index in [1.165, 1.54) is 36.1 Å². The van der Waals surface area contributed by atoms with Crippen molar-refractivity contribution in [2.75, 3.05) is 12.4 Å². The van der Waals surface area contributed by atoms with Gasteiger partial charge in [0.1, 0.15) is 11.8 Å². The number of nitrogens with one attached hydrogen (secondary N) is 1. The summed E-state index contributed by atoms with van der Waals surface area (Å²) in [5.74, 6) is -0.843. The fourth-order valence-corrected chi connectivity index (χ4v) is 4.59. The second kappa shape index (κ2) is 12.4. The third-order valence-electron chi connectivity index (χ3n) is 6.50. The molecule has 0 saturated heterocycles. The summed E-state index contributed by atoms with van der Waals surface area (Å²) in [6.07, 6.45) is 1.96. The average molecular weight is 558 g/mol. The second-order valence-corrected chi connectivity index (χ2v) is 9.54. The standard InChI is InChI=1S/C31H28ClN3O5/c1-3-27(36)23-14-11-21(32)16-24(23)25-17-29(37)35(18-28(25)40-2)26(15-19-7-5-4-6-8-19)31(39)34-22-12-9-20(10-13-22)30(33)38/h4-14,16-18,26H,3,15H2,1-2H3,(H2,33,38)(H,34,39). The van der Waals surface area contributed by atoms with E-state index in [-0.39, 0.29) is 18.6 Å². The van der Waals surface area contributed by atoms with Gasteiger partial charge in [-0.25, -0.2) is 0 Å². The zero-order valence-electron chi connectivity index (χ0n) is 22.0. The van der Waals surface area contributed by atoms with Crippen molar-refractivity contribution >= 4 is 34.9 Å². The molecule has 4 rings (SSSR count). The van der Waals surface area contributed by atoms with Crippen molar-refractivity contribution in [3.63, 3.8) is 0 Å². The summed E-state index contributed by atoms with van der Waals surface area (Å²) >= 11 is 6.25. The van der Waals surface area contributed by atoms with Crippen LogP contribution in [0.3, 0.4) is 0 Å². The minimum atomic E-state index is -0.954. The summed E-state index contributed by atoms with van der Waals surface area (Å²) in [5.41, 5.74) is 7.71. The van der Waals surface area contributed by atoms with Crippen molar-refractivity contribution in [2.45, 2.75) is 25.8 Å². The predicted octanol–water partition coefficient (Wildman–Crippen LogP) is 5.29. The molecule has 8 nitrogen and oxygen atoms in total. The van der Waals surface area contributed by atoms with Gasteiger partial charge in [0.25, 0.3) is 5.56 Å². The lowest BCUT2D eigenvalue weighted by Gasteiger charge is -2.22. The van der Waals surface area contributed by atoms with Crippen molar-refractivity contribution in [3.05, 3.63) is 117 Å². The molecule has 0 bridgehead atoms. The quantitative estimate of drug-likeness (QED) is 0.257. The van der Waals surface area contributed by atoms with Gasteiger partial charge in [-0.3, -0.25) is 23.7 Å². The summed E-state index contributed by atoms with van der Waals surface area (Å²) in [5, 5.41) is 3.22. The first-order valence-electron chi connectivity index (χ1n) is 12.6. The highest BCUT2D eigenvalue weighted by Gasteiger charge is 2.25. The highest BCUT2D eigenvalue weighted by atomic mass is 35.5. The number of rotatable bonds is 10. The number of nitrogens with two attached hydrogens (primary N) is 1. The number of carbonyl (C=O) groups excluding carboxylic acids is 3. The fourth-order valence-electron chi connectivity index (χ4n) is 4.42. The molecule has 1 heterocycles. The zero-order chi connectivity index (χ0) is 28.8. The van der Waals surface area contributed by atoms with Crippen molar-refractivity contribution in [3.8, 4) is 16.9 Å². The molecule has 0 aliphatic rings. The number of benzene rings is 3. The highest BCUT2D eigenvalue weighted by Crippen LogP contribution is 2.34. The van der Waals surface area contributed by atoms with Gasteiger partial charge in [0.05, 0.1) is 13.3 Å². The molecule has 1 atom stereocenters. The molecule has 0 aliphatic heterocycles. The number of carbonyl (C=O) groups is 3. The Morgan fingerprint density at radius 1 is 0.975 bits per heavy atom. The number of hydrogen-bond acceptors (Lipinski definition) is 5. The van der Waals surface area contributed by atoms with E-state index in [4.69, 9.17) is 22.1 Å². The Morgan fingerprint density at radius 2 is 1.68 bits per heavy atom. The lowest BCUT2D eigenvalue weighted by Crippen LogP contribution is -2.34. The van der Waals surface area contributed by atoms with Crippen LogP contribution < -0.4 is 21.3 Å². The molecule has 0 fully saturated rings. The van der Waals surface area contributed by atoms with Gasteiger partial charge in [0.15, 0.2) is 5.78 Å². The third kappa shape index (κ3) is 6.30. The molecular formula is C31H28ClN3O5. The van der Waals surface area contributed by atoms with E-state index >= 15 is 0 Å². The smallest absolute Gasteiger partial charge is 0.252 e. The average Bonchev–Trinajstić information content (AvgIpc) is 2.96. The van der Waals surface area contributed by atoms with E-state index in [0.29, 0.717) is 38.7 Å². The Bertz CT molecular complexity index is 1610. The van der Waals surface area contributed by atoms with Gasteiger partial charge >= 0.3 is 0 Å². The molecule has 0 radical (unpaired) electrons. The molecule has 1 aromatic heterocycles. The number of nitrogens with zero attached hydrogens (tertiary/aromatic N) is 1. The number of Topliss-reactive ketones (excluding diaryl/α,β-unsaturated/α-hetero) is 1. The molecule has 0 saturated carbocycles. The Kier molecular flexibility index (Phi) is 8.81. The molecular weight excluding hydrogens is 530 g/mol. The van der Waals surface area contributed by atoms with Crippen LogP contribution in [0.4, 0.5) is 5.69 Å². The van der Waals surface area contributed by atoms with Crippen LogP contribution >= 0.6 is 11.6 Å². The van der Waals surface area contributed by atoms with Crippen LogP contribution in [-0.4, -0.2) is 29.3 Å². The number of anilines is 1. The summed E-state index contributed by atoms with van der Waals surface area (Å²) in [6, 6.07) is 20.7. The predicted molar refractivity (Wildman–Crippen MR) is 155 cm³/mol. The number of pyridine rings is 1. The van der Waals surface area contributed by atoms with Gasteiger partial charge < -0.3 is 15.8 Å². The molecule has 3 aromatic carbocycles. The van der Waals surface area contributed by atoms with E-state index in [1.54, 1.807) is 37.3 Å². The van der Waals surface area contributed by atoms with Gasteiger partial charge in [0.2, 0.25) is 11.8 Å². The Morgan fingerprint density at radius 3 is 2.30 bits per heavy atom. The van der Waals surface area contributed by atoms with Gasteiger partial charge in [-0.05, 0) is 53.6 Å². The number of ether oxygens (including phenoxy) is 1. The molecule has 3 N–H and O–H groups in total. The van der Waals surface area contributed by atoms with Gasteiger partial charge in [-0.15, -0.1) is 0 Å². The molecule has 40 heavy (non-hydrogen) atoms. The zero-order valence-corrected chi connectivity index (χ0v) is 22.8. The topological polar surface area (TPSA) is 120 Å². The number of halogens is 1. The van der Waals surface area contributed by atoms with Gasteiger partial charge in [-0.2, -0.15) is 0 Å². The van der Waals surface area contributed by atoms with Crippen LogP contribution in [0.5, 0.6) is 5.75 Å². The van der Waals surface area contributed by atoms with Crippen LogP contribution in [0.2, 0.25) is 5.02 Å². The Hall–Kier alpha value is -4.69. The van der Waals surface area contributed by atoms with Crippen LogP contribution in [0.25, 0.3) is 11.1 Å². The Labute approximate surface area is 236 Å². The molecule has 0 spiro atoms. The van der Waals surface area contributed by atoms with Gasteiger partial charge in [0, 0.05) is 46.3 Å². The van der Waals surface area contributed by atoms with Crippen LogP contribution in [0.1, 0.15) is 45.7 Å². The fraction of sp³-hybridized carbons (Fsp3) is 0.161. The third-order valence-corrected chi connectivity index (χ3v) is 6.74. The van der Waals surface area contributed by atoms with E-state index in [1.807, 2.05) is 30.3 Å². The normalized spacial score (nSPS) is 11.5. The first kappa shape index (κ1) is 28.3. The van der Waals surface area contributed by atoms with E-state index < -0.39 is 23.4 Å². The lowest BCUT2D eigenvalue weighted by molar-refractivity contribution is -0.119. The van der Waals surface area contributed by atoms with E-state index in [2.05, 4.69) is 5.32 Å². The van der Waals surface area contributed by atoms with E-state index in [0.717, 1.165) is 5.56 Å². The minimum Gasteiger partial charge on any atom is -0.495 e. The number of amides is 2. The maximum atomic E-state index is 13.6. The maximum Gasteiger partial charge on any atom is 0.252 e. The first-order valence-corrected chi connectivity index (χ1v) is 13.0. The van der Waals surface area contributed by atoms with Gasteiger partial charge in [-0.1, -0.05) is 48.9 Å². The molecule has 4 aromatic rings. The van der Waals surface area contributed by atoms with Crippen molar-refractivity contribution in [2.24, 2.45) is 5.73 Å². The van der Waals surface area contributed by atoms with Crippen LogP contribution in [0.15, 0.2) is 89.9 Å². The summed E-state index contributed by atoms with van der Waals surface area (Å²) in [7, 11) is 1.45. The molecule has 204 valence electrons. The number of hydrogen-bond donors (Lipinski definition) is 2. The minimum absolute atomic E-state index is 0.110. The number of aromatic nitrogens is 1. The number of ketones is 1. The van der Waals surface area contributed by atoms with Crippen LogP contribution in [0, 0.1) is 0 Å². The highest BCUT2D eigenvalue weighted by molar-refractivity contribution is 6.31. The number of methoxy groups -OCH3 is 1. The first-order chi connectivity index (χ1) is 19.2. The molecule has 2 amide bonds. The maximum absolute atomic E-state index is 13.6. The van der Waals surface area contributed by atoms with Crippen molar-refractivity contribution in [1.29, 1.82) is 0 Å². The Balaban J connectivity index is 1.79. The molecule has 1 unspecified atom stereocenters. The SMILES string of the molecule is CCC(=O)c1ccc(Cl)cc1-c1cc(=O)n(C(Cc2ccccc2)C(=O)Nc2ccc(C(N)=O)cc2)cc1OC. The monoisotopic (exact) mass is 557 g/mol. The summed E-state index contributed by atoms with van der Waals surface area (Å²) < 4.78 is 6.96. The lowest BCUT2D eigenvalue weighted by atomic mass is 9.95. The van der Waals surface area contributed by atoms with Crippen molar-refractivity contribution in [1.82, 2.24) is 4.57 Å². The molecule has 0 aliphatic carbocycles. The second-order valence-electron chi connectivity index (χ2n) is 9.10.